The van der Waals surface area contributed by atoms with Gasteiger partial charge in [-0.15, -0.1) is 0 Å². The van der Waals surface area contributed by atoms with E-state index in [-0.39, 0.29) is 5.56 Å². The molecule has 7 heteroatoms. The van der Waals surface area contributed by atoms with Crippen LogP contribution in [0.25, 0.3) is 11.4 Å². The second-order valence-electron chi connectivity index (χ2n) is 2.83. The Hall–Kier alpha value is -1.92. The monoisotopic (exact) mass is 231 g/mol. The Morgan fingerprint density at radius 2 is 2.06 bits per heavy atom. The third kappa shape index (κ3) is 1.88. The summed E-state index contributed by atoms with van der Waals surface area (Å²) < 4.78 is 53.5. The van der Waals surface area contributed by atoms with Crippen molar-refractivity contribution in [3.8, 4) is 11.4 Å². The summed E-state index contributed by atoms with van der Waals surface area (Å²) in [6.45, 7) is 0. The Balaban J connectivity index is 2.44. The van der Waals surface area contributed by atoms with Gasteiger partial charge in [0.05, 0.1) is 5.56 Å². The summed E-state index contributed by atoms with van der Waals surface area (Å²) in [4.78, 5) is 3.06. The van der Waals surface area contributed by atoms with Gasteiger partial charge in [-0.2, -0.15) is 18.2 Å². The van der Waals surface area contributed by atoms with Crippen LogP contribution >= 0.6 is 0 Å². The third-order valence-corrected chi connectivity index (χ3v) is 1.72. The first kappa shape index (κ1) is 10.6. The Labute approximate surface area is 86.7 Å². The summed E-state index contributed by atoms with van der Waals surface area (Å²) in [5.41, 5.74) is -0.169. The van der Waals surface area contributed by atoms with E-state index in [1.807, 2.05) is 0 Å². The van der Waals surface area contributed by atoms with Crippen molar-refractivity contribution in [1.29, 1.82) is 0 Å². The van der Waals surface area contributed by atoms with Crippen molar-refractivity contribution in [3.63, 3.8) is 0 Å². The zero-order valence-electron chi connectivity index (χ0n) is 7.55. The molecule has 0 amide bonds. The Morgan fingerprint density at radius 3 is 2.62 bits per heavy atom. The van der Waals surface area contributed by atoms with Gasteiger partial charge >= 0.3 is 12.1 Å². The molecule has 0 unspecified atom stereocenters. The number of halogens is 4. The molecule has 83 valence electrons. The van der Waals surface area contributed by atoms with Crippen LogP contribution in [0.1, 0.15) is 5.89 Å². The van der Waals surface area contributed by atoms with Crippen molar-refractivity contribution in [2.75, 3.05) is 0 Å². The van der Waals surface area contributed by atoms with E-state index >= 15 is 0 Å². The van der Waals surface area contributed by atoms with Crippen molar-refractivity contribution in [1.82, 2.24) is 10.1 Å². The molecule has 2 aromatic rings. The van der Waals surface area contributed by atoms with Crippen LogP contribution in [0, 0.1) is 11.9 Å². The molecule has 16 heavy (non-hydrogen) atoms. The average molecular weight is 231 g/mol. The van der Waals surface area contributed by atoms with Crippen LogP contribution in [-0.4, -0.2) is 10.1 Å². The molecule has 0 N–H and O–H groups in total. The molecule has 3 nitrogen and oxygen atoms in total. The summed E-state index contributed by atoms with van der Waals surface area (Å²) in [6, 6.07) is 5.94. The Morgan fingerprint density at radius 1 is 1.31 bits per heavy atom. The molecule has 1 aromatic carbocycles. The lowest BCUT2D eigenvalue weighted by Gasteiger charge is -1.96. The molecule has 0 spiro atoms. The normalized spacial score (nSPS) is 11.8. The second kappa shape index (κ2) is 3.58. The molecule has 0 atom stereocenters. The first-order valence-corrected chi connectivity index (χ1v) is 4.05. The van der Waals surface area contributed by atoms with E-state index < -0.39 is 23.7 Å². The van der Waals surface area contributed by atoms with E-state index in [1.54, 1.807) is 0 Å². The van der Waals surface area contributed by atoms with Gasteiger partial charge in [-0.1, -0.05) is 11.2 Å². The molecule has 0 aliphatic rings. The van der Waals surface area contributed by atoms with E-state index in [9.17, 15) is 17.6 Å². The fraction of sp³-hybridized carbons (Fsp3) is 0.111. The van der Waals surface area contributed by atoms with E-state index in [1.165, 1.54) is 12.1 Å². The zero-order valence-corrected chi connectivity index (χ0v) is 7.55. The molecule has 1 radical (unpaired) electrons. The maximum absolute atomic E-state index is 13.1. The predicted molar refractivity (Wildman–Crippen MR) is 43.5 cm³/mol. The van der Waals surface area contributed by atoms with Crippen molar-refractivity contribution in [2.45, 2.75) is 6.18 Å². The smallest absolute Gasteiger partial charge is 0.329 e. The molecule has 1 heterocycles. The van der Waals surface area contributed by atoms with Crippen LogP contribution in [0.3, 0.4) is 0 Å². The maximum Gasteiger partial charge on any atom is 0.471 e. The van der Waals surface area contributed by atoms with Gasteiger partial charge in [0.2, 0.25) is 5.82 Å². The first-order chi connectivity index (χ1) is 7.48. The molecule has 0 aliphatic carbocycles. The van der Waals surface area contributed by atoms with Crippen LogP contribution in [0.15, 0.2) is 22.7 Å². The Bertz CT molecular complexity index is 506. The summed E-state index contributed by atoms with van der Waals surface area (Å²) in [5, 5.41) is 3.05. The number of benzene rings is 1. The number of rotatable bonds is 1. The van der Waals surface area contributed by atoms with E-state index in [0.717, 1.165) is 6.07 Å². The number of nitrogens with zero attached hydrogens (tertiary/aromatic N) is 2. The highest BCUT2D eigenvalue weighted by atomic mass is 19.4. The van der Waals surface area contributed by atoms with Crippen molar-refractivity contribution < 1.29 is 22.1 Å². The largest absolute Gasteiger partial charge is 0.471 e. The fourth-order valence-corrected chi connectivity index (χ4v) is 1.04. The fourth-order valence-electron chi connectivity index (χ4n) is 1.04. The summed E-state index contributed by atoms with van der Waals surface area (Å²) in [5.74, 6) is -2.72. The first-order valence-electron chi connectivity index (χ1n) is 4.05. The standard InChI is InChI=1S/C9H3F4N2O/c10-6-4-2-1-3-5(6)7-14-8(16-15-7)9(11,12)13/h1,3-4H. The van der Waals surface area contributed by atoms with Gasteiger partial charge in [-0.05, 0) is 18.2 Å². The zero-order chi connectivity index (χ0) is 11.8. The Kier molecular flexibility index (Phi) is 2.37. The highest BCUT2D eigenvalue weighted by Crippen LogP contribution is 2.29. The number of alkyl halides is 3. The second-order valence-corrected chi connectivity index (χ2v) is 2.83. The van der Waals surface area contributed by atoms with Gasteiger partial charge in [-0.3, -0.25) is 0 Å². The van der Waals surface area contributed by atoms with Crippen molar-refractivity contribution in [2.24, 2.45) is 0 Å². The minimum absolute atomic E-state index is 0.169. The lowest BCUT2D eigenvalue weighted by molar-refractivity contribution is -0.159. The minimum Gasteiger partial charge on any atom is -0.329 e. The van der Waals surface area contributed by atoms with Gasteiger partial charge in [0, 0.05) is 0 Å². The SMILES string of the molecule is Fc1c[c]ccc1-c1noc(C(F)(F)F)n1. The molecular formula is C9H3F4N2O. The predicted octanol–water partition coefficient (Wildman–Crippen LogP) is 2.69. The van der Waals surface area contributed by atoms with Crippen LogP contribution in [0.5, 0.6) is 0 Å². The van der Waals surface area contributed by atoms with Crippen LogP contribution in [0.2, 0.25) is 0 Å². The molecule has 0 saturated heterocycles. The van der Waals surface area contributed by atoms with E-state index in [0.29, 0.717) is 0 Å². The topological polar surface area (TPSA) is 38.9 Å². The highest BCUT2D eigenvalue weighted by Gasteiger charge is 2.38. The lowest BCUT2D eigenvalue weighted by Crippen LogP contribution is -2.04. The molecule has 2 rings (SSSR count). The van der Waals surface area contributed by atoms with E-state index in [2.05, 4.69) is 20.7 Å². The maximum atomic E-state index is 13.1. The summed E-state index contributed by atoms with van der Waals surface area (Å²) in [7, 11) is 0. The number of hydrogen-bond acceptors (Lipinski definition) is 3. The number of hydrogen-bond donors (Lipinski definition) is 0. The van der Waals surface area contributed by atoms with Gasteiger partial charge in [0.25, 0.3) is 0 Å². The van der Waals surface area contributed by atoms with Gasteiger partial charge in [0.15, 0.2) is 0 Å². The third-order valence-electron chi connectivity index (χ3n) is 1.72. The molecule has 0 saturated carbocycles. The summed E-state index contributed by atoms with van der Waals surface area (Å²) >= 11 is 0. The van der Waals surface area contributed by atoms with Crippen LogP contribution in [0.4, 0.5) is 17.6 Å². The molecule has 1 aromatic heterocycles. The van der Waals surface area contributed by atoms with Gasteiger partial charge < -0.3 is 4.52 Å². The molecule has 0 bridgehead atoms. The molecule has 0 aliphatic heterocycles. The molecular weight excluding hydrogens is 228 g/mol. The summed E-state index contributed by atoms with van der Waals surface area (Å²) in [6.07, 6.45) is -4.73. The van der Waals surface area contributed by atoms with E-state index in [4.69, 9.17) is 0 Å². The average Bonchev–Trinajstić information content (AvgIpc) is 2.66. The van der Waals surface area contributed by atoms with Crippen molar-refractivity contribution in [3.05, 3.63) is 36.0 Å². The van der Waals surface area contributed by atoms with Crippen molar-refractivity contribution >= 4 is 0 Å². The van der Waals surface area contributed by atoms with Crippen LogP contribution < -0.4 is 0 Å². The van der Waals surface area contributed by atoms with Crippen LogP contribution in [-0.2, 0) is 6.18 Å². The lowest BCUT2D eigenvalue weighted by atomic mass is 10.2. The van der Waals surface area contributed by atoms with Gasteiger partial charge in [-0.25, -0.2) is 4.39 Å². The quantitative estimate of drug-likeness (QED) is 0.708. The highest BCUT2D eigenvalue weighted by molar-refractivity contribution is 5.54. The minimum atomic E-state index is -4.73. The molecule has 0 fully saturated rings. The number of aromatic nitrogens is 2. The van der Waals surface area contributed by atoms with Gasteiger partial charge in [0.1, 0.15) is 5.82 Å².